The lowest BCUT2D eigenvalue weighted by atomic mass is 9.96. The summed E-state index contributed by atoms with van der Waals surface area (Å²) in [5.41, 5.74) is 0.365. The molecule has 1 N–H and O–H groups in total. The average Bonchev–Trinajstić information content (AvgIpc) is 3.09. The third-order valence-electron chi connectivity index (χ3n) is 4.03. The number of hydrogen-bond donors (Lipinski definition) is 1. The summed E-state index contributed by atoms with van der Waals surface area (Å²) in [6.45, 7) is -1.23. The molecule has 24 heavy (non-hydrogen) atoms. The van der Waals surface area contributed by atoms with Crippen molar-refractivity contribution in [3.8, 4) is 0 Å². The van der Waals surface area contributed by atoms with E-state index in [-0.39, 0.29) is 5.76 Å². The van der Waals surface area contributed by atoms with E-state index in [1.807, 2.05) is 0 Å². The largest absolute Gasteiger partial charge is 0.481 e. The van der Waals surface area contributed by atoms with Crippen molar-refractivity contribution in [3.63, 3.8) is 0 Å². The van der Waals surface area contributed by atoms with Gasteiger partial charge in [0.05, 0.1) is 11.8 Å². The number of benzene rings is 1. The van der Waals surface area contributed by atoms with Crippen LogP contribution in [0, 0.1) is 11.8 Å². The van der Waals surface area contributed by atoms with Gasteiger partial charge in [0.15, 0.2) is 5.76 Å². The van der Waals surface area contributed by atoms with Gasteiger partial charge in [-0.15, -0.1) is 0 Å². The number of alkyl halides is 3. The molecule has 0 unspecified atom stereocenters. The van der Waals surface area contributed by atoms with Crippen LogP contribution >= 0.6 is 11.6 Å². The topological polar surface area (TPSA) is 70.8 Å². The summed E-state index contributed by atoms with van der Waals surface area (Å²) < 4.78 is 44.3. The van der Waals surface area contributed by atoms with Crippen LogP contribution in [0.2, 0.25) is 5.02 Å². The van der Waals surface area contributed by atoms with Crippen LogP contribution in [0.15, 0.2) is 28.7 Å². The number of rotatable bonds is 2. The number of fused-ring (bicyclic) bond motifs is 1. The van der Waals surface area contributed by atoms with Crippen molar-refractivity contribution < 1.29 is 32.3 Å². The first-order valence-electron chi connectivity index (χ1n) is 6.94. The van der Waals surface area contributed by atoms with Crippen molar-refractivity contribution in [2.45, 2.75) is 6.18 Å². The molecule has 128 valence electrons. The maximum absolute atomic E-state index is 13.0. The van der Waals surface area contributed by atoms with Gasteiger partial charge < -0.3 is 14.4 Å². The van der Waals surface area contributed by atoms with Crippen LogP contribution in [0.25, 0.3) is 11.0 Å². The number of carboxylic acids is 1. The molecule has 0 spiro atoms. The van der Waals surface area contributed by atoms with E-state index in [0.29, 0.717) is 16.0 Å². The fourth-order valence-electron chi connectivity index (χ4n) is 2.83. The summed E-state index contributed by atoms with van der Waals surface area (Å²) in [5.74, 6) is -6.30. The zero-order valence-electron chi connectivity index (χ0n) is 12.0. The first-order chi connectivity index (χ1) is 11.2. The molecule has 1 aliphatic rings. The summed E-state index contributed by atoms with van der Waals surface area (Å²) in [5, 5.41) is 9.94. The molecule has 5 nitrogen and oxygen atoms in total. The van der Waals surface area contributed by atoms with Gasteiger partial charge in [0.25, 0.3) is 5.91 Å². The maximum Gasteiger partial charge on any atom is 0.394 e. The molecule has 0 radical (unpaired) electrons. The number of nitrogens with zero attached hydrogens (tertiary/aromatic N) is 1. The number of halogens is 4. The molecule has 2 atom stereocenters. The number of likely N-dealkylation sites (tertiary alicyclic amines) is 1. The van der Waals surface area contributed by atoms with Crippen LogP contribution in [-0.2, 0) is 4.79 Å². The van der Waals surface area contributed by atoms with Crippen molar-refractivity contribution in [1.29, 1.82) is 0 Å². The Morgan fingerprint density at radius 3 is 2.54 bits per heavy atom. The molecule has 1 aromatic carbocycles. The highest BCUT2D eigenvalue weighted by Gasteiger charge is 2.53. The predicted molar refractivity (Wildman–Crippen MR) is 77.8 cm³/mol. The molecular formula is C15H11ClF3NO4. The molecule has 2 aromatic rings. The summed E-state index contributed by atoms with van der Waals surface area (Å²) in [6.07, 6.45) is -4.69. The Hall–Kier alpha value is -2.22. The minimum Gasteiger partial charge on any atom is -0.481 e. The SMILES string of the molecule is O=C(O)[C@@H]1CN(C(=O)c2cc3cc(Cl)ccc3o2)C[C@H]1C(F)(F)F. The predicted octanol–water partition coefficient (Wildman–Crippen LogP) is 3.42. The lowest BCUT2D eigenvalue weighted by Gasteiger charge is -2.17. The average molecular weight is 362 g/mol. The molecule has 0 saturated carbocycles. The molecular weight excluding hydrogens is 351 g/mol. The van der Waals surface area contributed by atoms with Gasteiger partial charge in [0, 0.05) is 23.5 Å². The fourth-order valence-corrected chi connectivity index (χ4v) is 3.01. The molecule has 0 aliphatic carbocycles. The number of furan rings is 1. The Morgan fingerprint density at radius 1 is 1.25 bits per heavy atom. The molecule has 9 heteroatoms. The second-order valence-corrected chi connectivity index (χ2v) is 6.03. The van der Waals surface area contributed by atoms with Crippen molar-refractivity contribution in [1.82, 2.24) is 4.90 Å². The Balaban J connectivity index is 1.87. The van der Waals surface area contributed by atoms with E-state index >= 15 is 0 Å². The second-order valence-electron chi connectivity index (χ2n) is 5.60. The zero-order valence-corrected chi connectivity index (χ0v) is 12.8. The number of amides is 1. The highest BCUT2D eigenvalue weighted by atomic mass is 35.5. The van der Waals surface area contributed by atoms with Crippen LogP contribution < -0.4 is 0 Å². The van der Waals surface area contributed by atoms with E-state index < -0.39 is 43.0 Å². The normalized spacial score (nSPS) is 21.4. The van der Waals surface area contributed by atoms with Crippen molar-refractivity contribution >= 4 is 34.4 Å². The minimum absolute atomic E-state index is 0.153. The summed E-state index contributed by atoms with van der Waals surface area (Å²) >= 11 is 5.83. The van der Waals surface area contributed by atoms with E-state index in [1.165, 1.54) is 12.1 Å². The third-order valence-corrected chi connectivity index (χ3v) is 4.27. The van der Waals surface area contributed by atoms with E-state index in [2.05, 4.69) is 0 Å². The Bertz CT molecular complexity index is 817. The lowest BCUT2D eigenvalue weighted by Crippen LogP contribution is -2.34. The van der Waals surface area contributed by atoms with Crippen LogP contribution in [-0.4, -0.2) is 41.1 Å². The Morgan fingerprint density at radius 2 is 1.96 bits per heavy atom. The van der Waals surface area contributed by atoms with Crippen molar-refractivity contribution in [2.24, 2.45) is 11.8 Å². The van der Waals surface area contributed by atoms with Gasteiger partial charge in [-0.1, -0.05) is 11.6 Å². The number of carbonyl (C=O) groups excluding carboxylic acids is 1. The summed E-state index contributed by atoms with van der Waals surface area (Å²) in [6, 6.07) is 6.02. The Kier molecular flexibility index (Phi) is 3.95. The van der Waals surface area contributed by atoms with Gasteiger partial charge in [-0.2, -0.15) is 13.2 Å². The van der Waals surface area contributed by atoms with Gasteiger partial charge in [-0.3, -0.25) is 9.59 Å². The number of carbonyl (C=O) groups is 2. The first kappa shape index (κ1) is 16.6. The summed E-state index contributed by atoms with van der Waals surface area (Å²) in [4.78, 5) is 24.3. The molecule has 0 bridgehead atoms. The second kappa shape index (κ2) is 5.70. The highest BCUT2D eigenvalue weighted by molar-refractivity contribution is 6.31. The van der Waals surface area contributed by atoms with E-state index in [9.17, 15) is 22.8 Å². The van der Waals surface area contributed by atoms with Crippen molar-refractivity contribution in [2.75, 3.05) is 13.1 Å². The number of hydrogen-bond acceptors (Lipinski definition) is 3. The van der Waals surface area contributed by atoms with Gasteiger partial charge in [-0.25, -0.2) is 0 Å². The molecule has 1 fully saturated rings. The lowest BCUT2D eigenvalue weighted by molar-refractivity contribution is -0.187. The monoisotopic (exact) mass is 361 g/mol. The molecule has 1 amide bonds. The third kappa shape index (κ3) is 2.93. The quantitative estimate of drug-likeness (QED) is 0.889. The summed E-state index contributed by atoms with van der Waals surface area (Å²) in [7, 11) is 0. The van der Waals surface area contributed by atoms with Crippen molar-refractivity contribution in [3.05, 3.63) is 35.0 Å². The zero-order chi connectivity index (χ0) is 17.6. The first-order valence-corrected chi connectivity index (χ1v) is 7.32. The fraction of sp³-hybridized carbons (Fsp3) is 0.333. The molecule has 1 saturated heterocycles. The van der Waals surface area contributed by atoms with E-state index in [0.717, 1.165) is 4.90 Å². The smallest absolute Gasteiger partial charge is 0.394 e. The van der Waals surface area contributed by atoms with Gasteiger partial charge in [-0.05, 0) is 24.3 Å². The van der Waals surface area contributed by atoms with E-state index in [1.54, 1.807) is 12.1 Å². The van der Waals surface area contributed by atoms with Crippen LogP contribution in [0.3, 0.4) is 0 Å². The standard InChI is InChI=1S/C15H11ClF3NO4/c16-8-1-2-11-7(3-8)4-12(24-11)13(21)20-5-9(14(22)23)10(6-20)15(17,18)19/h1-4,9-10H,5-6H2,(H,22,23)/t9-,10-/m1/s1. The molecule has 1 aliphatic heterocycles. The molecule has 3 rings (SSSR count). The number of carboxylic acid groups (broad SMARTS) is 1. The molecule has 2 heterocycles. The van der Waals surface area contributed by atoms with Crippen LogP contribution in [0.1, 0.15) is 10.6 Å². The van der Waals surface area contributed by atoms with Crippen LogP contribution in [0.5, 0.6) is 0 Å². The van der Waals surface area contributed by atoms with Gasteiger partial charge >= 0.3 is 12.1 Å². The van der Waals surface area contributed by atoms with Gasteiger partial charge in [0.1, 0.15) is 5.58 Å². The number of aliphatic carboxylic acids is 1. The minimum atomic E-state index is -4.69. The Labute approximate surface area is 138 Å². The van der Waals surface area contributed by atoms with Gasteiger partial charge in [0.2, 0.25) is 0 Å². The molecule has 1 aromatic heterocycles. The van der Waals surface area contributed by atoms with Crippen LogP contribution in [0.4, 0.5) is 13.2 Å². The van der Waals surface area contributed by atoms with E-state index in [4.69, 9.17) is 21.1 Å². The highest BCUT2D eigenvalue weighted by Crippen LogP contribution is 2.38. The maximum atomic E-state index is 13.0.